The summed E-state index contributed by atoms with van der Waals surface area (Å²) in [6.07, 6.45) is -0.410. The lowest BCUT2D eigenvalue weighted by Crippen LogP contribution is -2.47. The number of carbonyl (C=O) groups is 4. The van der Waals surface area contributed by atoms with E-state index >= 15 is 0 Å². The van der Waals surface area contributed by atoms with Gasteiger partial charge in [-0.15, -0.1) is 0 Å². The summed E-state index contributed by atoms with van der Waals surface area (Å²) >= 11 is 0. The number of benzene rings is 1. The lowest BCUT2D eigenvalue weighted by Gasteiger charge is -2.20. The minimum absolute atomic E-state index is 0.0308. The van der Waals surface area contributed by atoms with Gasteiger partial charge >= 0.3 is 12.1 Å². The third-order valence-electron chi connectivity index (χ3n) is 3.80. The van der Waals surface area contributed by atoms with Gasteiger partial charge in [-0.05, 0) is 25.5 Å². The SMILES string of the molecule is CCOC(=O)N(CCN)C(=O)NCCCN1C(=O)c2ccccc2C1=O. The molecule has 2 rings (SSSR count). The number of amides is 5. The Labute approximate surface area is 151 Å². The molecule has 9 heteroatoms. The number of hydrogen-bond donors (Lipinski definition) is 2. The first kappa shape index (κ1) is 19.4. The van der Waals surface area contributed by atoms with Gasteiger partial charge in [0.1, 0.15) is 0 Å². The van der Waals surface area contributed by atoms with Gasteiger partial charge in [-0.2, -0.15) is 0 Å². The van der Waals surface area contributed by atoms with Crippen LogP contribution in [0.3, 0.4) is 0 Å². The molecule has 0 fully saturated rings. The topological polar surface area (TPSA) is 122 Å². The van der Waals surface area contributed by atoms with Crippen LogP contribution in [0.5, 0.6) is 0 Å². The van der Waals surface area contributed by atoms with E-state index in [0.29, 0.717) is 17.5 Å². The number of nitrogens with two attached hydrogens (primary N) is 1. The molecule has 0 bridgehead atoms. The molecule has 1 aromatic rings. The molecule has 9 nitrogen and oxygen atoms in total. The molecule has 0 saturated carbocycles. The average Bonchev–Trinajstić information content (AvgIpc) is 2.88. The summed E-state index contributed by atoms with van der Waals surface area (Å²) in [5.74, 6) is -0.679. The van der Waals surface area contributed by atoms with E-state index in [1.54, 1.807) is 31.2 Å². The van der Waals surface area contributed by atoms with E-state index in [4.69, 9.17) is 10.5 Å². The summed E-state index contributed by atoms with van der Waals surface area (Å²) in [5.41, 5.74) is 6.17. The van der Waals surface area contributed by atoms with Crippen molar-refractivity contribution in [2.24, 2.45) is 5.73 Å². The predicted octanol–water partition coefficient (Wildman–Crippen LogP) is 0.800. The van der Waals surface area contributed by atoms with Gasteiger partial charge in [-0.1, -0.05) is 12.1 Å². The van der Waals surface area contributed by atoms with Gasteiger partial charge in [-0.25, -0.2) is 14.5 Å². The van der Waals surface area contributed by atoms with Crippen LogP contribution in [0.1, 0.15) is 34.1 Å². The average molecular weight is 362 g/mol. The molecule has 26 heavy (non-hydrogen) atoms. The van der Waals surface area contributed by atoms with E-state index in [-0.39, 0.29) is 44.6 Å². The van der Waals surface area contributed by atoms with Crippen molar-refractivity contribution in [2.45, 2.75) is 13.3 Å². The molecule has 0 radical (unpaired) electrons. The number of ether oxygens (including phenoxy) is 1. The third-order valence-corrected chi connectivity index (χ3v) is 3.80. The minimum Gasteiger partial charge on any atom is -0.449 e. The van der Waals surface area contributed by atoms with Crippen molar-refractivity contribution in [1.82, 2.24) is 15.1 Å². The van der Waals surface area contributed by atoms with Crippen molar-refractivity contribution in [2.75, 3.05) is 32.8 Å². The molecule has 0 atom stereocenters. The van der Waals surface area contributed by atoms with Crippen molar-refractivity contribution in [1.29, 1.82) is 0 Å². The highest BCUT2D eigenvalue weighted by atomic mass is 16.6. The predicted molar refractivity (Wildman–Crippen MR) is 92.6 cm³/mol. The van der Waals surface area contributed by atoms with Crippen molar-refractivity contribution < 1.29 is 23.9 Å². The minimum atomic E-state index is -0.768. The van der Waals surface area contributed by atoms with Gasteiger partial charge < -0.3 is 15.8 Å². The number of nitrogens with zero attached hydrogens (tertiary/aromatic N) is 2. The van der Waals surface area contributed by atoms with Crippen LogP contribution in [-0.4, -0.2) is 66.5 Å². The number of fused-ring (bicyclic) bond motifs is 1. The van der Waals surface area contributed by atoms with Crippen LogP contribution >= 0.6 is 0 Å². The first-order valence-electron chi connectivity index (χ1n) is 8.38. The monoisotopic (exact) mass is 362 g/mol. The quantitative estimate of drug-likeness (QED) is 0.546. The second-order valence-corrected chi connectivity index (χ2v) is 5.53. The molecule has 0 unspecified atom stereocenters. The van der Waals surface area contributed by atoms with Crippen LogP contribution in [-0.2, 0) is 4.74 Å². The molecular weight excluding hydrogens is 340 g/mol. The van der Waals surface area contributed by atoms with E-state index in [2.05, 4.69) is 5.32 Å². The first-order valence-corrected chi connectivity index (χ1v) is 8.38. The maximum absolute atomic E-state index is 12.2. The Morgan fingerprint density at radius 1 is 1.19 bits per heavy atom. The number of rotatable bonds is 7. The van der Waals surface area contributed by atoms with Gasteiger partial charge in [0.2, 0.25) is 0 Å². The summed E-state index contributed by atoms with van der Waals surface area (Å²) in [5, 5.41) is 2.56. The van der Waals surface area contributed by atoms with Crippen LogP contribution in [0.25, 0.3) is 0 Å². The molecule has 1 heterocycles. The Bertz CT molecular complexity index is 671. The molecule has 0 saturated heterocycles. The van der Waals surface area contributed by atoms with E-state index in [1.165, 1.54) is 0 Å². The lowest BCUT2D eigenvalue weighted by molar-refractivity contribution is 0.0653. The van der Waals surface area contributed by atoms with Gasteiger partial charge in [0.15, 0.2) is 0 Å². The molecule has 0 spiro atoms. The summed E-state index contributed by atoms with van der Waals surface area (Å²) in [4.78, 5) is 50.3. The van der Waals surface area contributed by atoms with Crippen LogP contribution in [0.15, 0.2) is 24.3 Å². The fraction of sp³-hybridized carbons (Fsp3) is 0.412. The Morgan fingerprint density at radius 2 is 1.81 bits per heavy atom. The zero-order chi connectivity index (χ0) is 19.1. The van der Waals surface area contributed by atoms with Gasteiger partial charge in [0.05, 0.1) is 17.7 Å². The maximum atomic E-state index is 12.2. The zero-order valence-electron chi connectivity index (χ0n) is 14.6. The molecule has 1 aliphatic heterocycles. The first-order chi connectivity index (χ1) is 12.5. The Kier molecular flexibility index (Phi) is 6.67. The molecule has 1 aromatic carbocycles. The number of imide groups is 2. The summed E-state index contributed by atoms with van der Waals surface area (Å²) in [7, 11) is 0. The lowest BCUT2D eigenvalue weighted by atomic mass is 10.1. The molecule has 3 N–H and O–H groups in total. The highest BCUT2D eigenvalue weighted by Gasteiger charge is 2.34. The van der Waals surface area contributed by atoms with Gasteiger partial charge in [0.25, 0.3) is 11.8 Å². The van der Waals surface area contributed by atoms with Crippen LogP contribution in [0.4, 0.5) is 9.59 Å². The summed E-state index contributed by atoms with van der Waals surface area (Å²) < 4.78 is 4.80. The number of carbonyl (C=O) groups excluding carboxylic acids is 4. The van der Waals surface area contributed by atoms with Gasteiger partial charge in [0, 0.05) is 26.2 Å². The van der Waals surface area contributed by atoms with E-state index in [9.17, 15) is 19.2 Å². The largest absolute Gasteiger partial charge is 0.449 e. The molecular formula is C17H22N4O5. The van der Waals surface area contributed by atoms with E-state index in [1.807, 2.05) is 0 Å². The zero-order valence-corrected chi connectivity index (χ0v) is 14.6. The fourth-order valence-corrected chi connectivity index (χ4v) is 2.58. The standard InChI is InChI=1S/C17H22N4O5/c1-2-26-17(25)21(11-8-18)16(24)19-9-5-10-20-14(22)12-6-3-4-7-13(12)15(20)23/h3-4,6-7H,2,5,8-11,18H2,1H3,(H,19,24). The van der Waals surface area contributed by atoms with E-state index < -0.39 is 12.1 Å². The molecule has 5 amide bonds. The van der Waals surface area contributed by atoms with Gasteiger partial charge in [-0.3, -0.25) is 14.5 Å². The number of urea groups is 1. The van der Waals surface area contributed by atoms with Crippen LogP contribution < -0.4 is 11.1 Å². The number of hydrogen-bond acceptors (Lipinski definition) is 6. The summed E-state index contributed by atoms with van der Waals surface area (Å²) in [6.45, 7) is 2.28. The van der Waals surface area contributed by atoms with Crippen LogP contribution in [0, 0.1) is 0 Å². The smallest absolute Gasteiger partial charge is 0.418 e. The highest BCUT2D eigenvalue weighted by molar-refractivity contribution is 6.21. The normalized spacial score (nSPS) is 12.8. The van der Waals surface area contributed by atoms with Crippen molar-refractivity contribution in [3.63, 3.8) is 0 Å². The second kappa shape index (κ2) is 8.95. The van der Waals surface area contributed by atoms with Crippen molar-refractivity contribution in [3.05, 3.63) is 35.4 Å². The maximum Gasteiger partial charge on any atom is 0.418 e. The Balaban J connectivity index is 1.83. The molecule has 140 valence electrons. The Morgan fingerprint density at radius 3 is 2.35 bits per heavy atom. The third kappa shape index (κ3) is 4.17. The summed E-state index contributed by atoms with van der Waals surface area (Å²) in [6, 6.07) is 6.00. The van der Waals surface area contributed by atoms with Crippen LogP contribution in [0.2, 0.25) is 0 Å². The molecule has 0 aromatic heterocycles. The second-order valence-electron chi connectivity index (χ2n) is 5.53. The molecule has 0 aliphatic carbocycles. The van der Waals surface area contributed by atoms with Crippen molar-refractivity contribution >= 4 is 23.9 Å². The molecule has 1 aliphatic rings. The van der Waals surface area contributed by atoms with E-state index in [0.717, 1.165) is 9.80 Å². The Hall–Kier alpha value is -2.94. The fourth-order valence-electron chi connectivity index (χ4n) is 2.58. The highest BCUT2D eigenvalue weighted by Crippen LogP contribution is 2.22. The number of nitrogens with one attached hydrogen (secondary N) is 1. The van der Waals surface area contributed by atoms with Crippen molar-refractivity contribution in [3.8, 4) is 0 Å².